The van der Waals surface area contributed by atoms with Crippen molar-refractivity contribution in [2.75, 3.05) is 13.1 Å². The number of aromatic nitrogens is 3. The number of pyridine rings is 1. The molecule has 3 aromatic heterocycles. The highest BCUT2D eigenvalue weighted by Crippen LogP contribution is 2.30. The zero-order valence-electron chi connectivity index (χ0n) is 12.8. The van der Waals surface area contributed by atoms with Crippen LogP contribution in [0.15, 0.2) is 28.2 Å². The van der Waals surface area contributed by atoms with Crippen LogP contribution in [-0.4, -0.2) is 40.0 Å². The molecule has 0 saturated carbocycles. The molecule has 3 aromatic rings. The number of halogens is 1. The molecular formula is C16H16BrN5OS. The summed E-state index contributed by atoms with van der Waals surface area (Å²) in [5, 5.41) is 6.41. The third-order valence-corrected chi connectivity index (χ3v) is 5.71. The van der Waals surface area contributed by atoms with Gasteiger partial charge in [-0.1, -0.05) is 0 Å². The first-order valence-corrected chi connectivity index (χ1v) is 9.43. The molecular weight excluding hydrogens is 390 g/mol. The molecule has 4 rings (SSSR count). The molecule has 0 bridgehead atoms. The van der Waals surface area contributed by atoms with Crippen LogP contribution in [-0.2, 0) is 0 Å². The number of hydrogen-bond acceptors (Lipinski definition) is 5. The van der Waals surface area contributed by atoms with Crippen LogP contribution in [0.5, 0.6) is 0 Å². The molecule has 0 aromatic carbocycles. The summed E-state index contributed by atoms with van der Waals surface area (Å²) >= 11 is 5.04. The maximum Gasteiger partial charge on any atom is 0.253 e. The van der Waals surface area contributed by atoms with Gasteiger partial charge in [-0.05, 0) is 53.5 Å². The molecule has 1 fully saturated rings. The number of H-pyrrole nitrogens is 1. The van der Waals surface area contributed by atoms with E-state index < -0.39 is 0 Å². The zero-order chi connectivity index (χ0) is 16.5. The van der Waals surface area contributed by atoms with Crippen LogP contribution in [0.2, 0.25) is 0 Å². The van der Waals surface area contributed by atoms with Gasteiger partial charge in [-0.3, -0.25) is 4.79 Å². The van der Waals surface area contributed by atoms with Gasteiger partial charge in [-0.25, -0.2) is 9.97 Å². The van der Waals surface area contributed by atoms with Crippen molar-refractivity contribution in [2.24, 2.45) is 0 Å². The smallest absolute Gasteiger partial charge is 0.253 e. The summed E-state index contributed by atoms with van der Waals surface area (Å²) < 4.78 is 1.04. The average molecular weight is 406 g/mol. The number of nitrogens with one attached hydrogen (secondary N) is 3. The standard InChI is InChI=1S/C16H16BrN5OS/c17-12-4-3-11(24-12)14-21-13-10(5-7-19-15(13)22-14)16(23)20-9-2-1-6-18-8-9/h3-5,7,9,18H,1-2,6,8H2,(H,20,23)(H,19,21,22). The molecule has 0 spiro atoms. The Bertz CT molecular complexity index is 884. The molecule has 24 heavy (non-hydrogen) atoms. The Hall–Kier alpha value is -1.77. The van der Waals surface area contributed by atoms with Gasteiger partial charge in [0.25, 0.3) is 5.91 Å². The summed E-state index contributed by atoms with van der Waals surface area (Å²) in [7, 11) is 0. The summed E-state index contributed by atoms with van der Waals surface area (Å²) in [4.78, 5) is 25.7. The van der Waals surface area contributed by atoms with Crippen LogP contribution in [0.25, 0.3) is 21.9 Å². The molecule has 1 atom stereocenters. The fraction of sp³-hybridized carbons (Fsp3) is 0.312. The van der Waals surface area contributed by atoms with Crippen molar-refractivity contribution in [2.45, 2.75) is 18.9 Å². The van der Waals surface area contributed by atoms with Crippen molar-refractivity contribution in [3.63, 3.8) is 0 Å². The van der Waals surface area contributed by atoms with E-state index in [1.165, 1.54) is 0 Å². The second kappa shape index (κ2) is 6.62. The largest absolute Gasteiger partial charge is 0.348 e. The molecule has 0 radical (unpaired) electrons. The van der Waals surface area contributed by atoms with E-state index in [0.29, 0.717) is 16.7 Å². The fourth-order valence-electron chi connectivity index (χ4n) is 2.90. The van der Waals surface area contributed by atoms with Crippen molar-refractivity contribution in [1.82, 2.24) is 25.6 Å². The summed E-state index contributed by atoms with van der Waals surface area (Å²) in [6.45, 7) is 1.84. The van der Waals surface area contributed by atoms with Gasteiger partial charge >= 0.3 is 0 Å². The predicted octanol–water partition coefficient (Wildman–Crippen LogP) is 2.93. The van der Waals surface area contributed by atoms with E-state index in [1.807, 2.05) is 12.1 Å². The minimum atomic E-state index is -0.0846. The first-order valence-electron chi connectivity index (χ1n) is 7.83. The lowest BCUT2D eigenvalue weighted by Crippen LogP contribution is -2.45. The van der Waals surface area contributed by atoms with Crippen LogP contribution >= 0.6 is 27.3 Å². The summed E-state index contributed by atoms with van der Waals surface area (Å²) in [6.07, 6.45) is 3.72. The number of imidazole rings is 1. The number of hydrogen-bond donors (Lipinski definition) is 3. The van der Waals surface area contributed by atoms with Crippen LogP contribution in [0.3, 0.4) is 0 Å². The number of carbonyl (C=O) groups is 1. The van der Waals surface area contributed by atoms with Gasteiger partial charge in [0.1, 0.15) is 0 Å². The Kier molecular flexibility index (Phi) is 4.34. The highest BCUT2D eigenvalue weighted by molar-refractivity contribution is 9.11. The second-order valence-electron chi connectivity index (χ2n) is 5.76. The zero-order valence-corrected chi connectivity index (χ0v) is 15.2. The number of nitrogens with zero attached hydrogens (tertiary/aromatic N) is 2. The minimum absolute atomic E-state index is 0.0846. The average Bonchev–Trinajstić information content (AvgIpc) is 3.21. The van der Waals surface area contributed by atoms with Gasteiger partial charge in [-0.2, -0.15) is 0 Å². The van der Waals surface area contributed by atoms with E-state index in [9.17, 15) is 4.79 Å². The predicted molar refractivity (Wildman–Crippen MR) is 98.3 cm³/mol. The van der Waals surface area contributed by atoms with Crippen molar-refractivity contribution in [3.8, 4) is 10.7 Å². The Morgan fingerprint density at radius 3 is 3.04 bits per heavy atom. The number of aromatic amines is 1. The van der Waals surface area contributed by atoms with Crippen molar-refractivity contribution in [1.29, 1.82) is 0 Å². The summed E-state index contributed by atoms with van der Waals surface area (Å²) in [6, 6.07) is 5.87. The molecule has 1 saturated heterocycles. The first-order chi connectivity index (χ1) is 11.7. The molecule has 6 nitrogen and oxygen atoms in total. The quantitative estimate of drug-likeness (QED) is 0.625. The van der Waals surface area contributed by atoms with Crippen molar-refractivity contribution >= 4 is 44.3 Å². The number of piperidine rings is 1. The molecule has 1 amide bonds. The number of amides is 1. The van der Waals surface area contributed by atoms with Crippen LogP contribution < -0.4 is 10.6 Å². The third kappa shape index (κ3) is 3.09. The molecule has 8 heteroatoms. The molecule has 1 aliphatic rings. The Morgan fingerprint density at radius 1 is 1.38 bits per heavy atom. The maximum atomic E-state index is 12.7. The summed E-state index contributed by atoms with van der Waals surface area (Å²) in [5.41, 5.74) is 1.82. The topological polar surface area (TPSA) is 82.7 Å². The Labute approximate surface area is 151 Å². The van der Waals surface area contributed by atoms with Gasteiger partial charge in [0, 0.05) is 18.8 Å². The van der Waals surface area contributed by atoms with E-state index in [1.54, 1.807) is 23.6 Å². The lowest BCUT2D eigenvalue weighted by molar-refractivity contribution is 0.0932. The molecule has 1 aliphatic heterocycles. The van der Waals surface area contributed by atoms with E-state index >= 15 is 0 Å². The van der Waals surface area contributed by atoms with Crippen LogP contribution in [0.1, 0.15) is 23.2 Å². The first kappa shape index (κ1) is 15.7. The highest BCUT2D eigenvalue weighted by Gasteiger charge is 2.20. The number of thiophene rings is 1. The van der Waals surface area contributed by atoms with E-state index in [4.69, 9.17) is 0 Å². The van der Waals surface area contributed by atoms with E-state index in [-0.39, 0.29) is 11.9 Å². The van der Waals surface area contributed by atoms with Crippen LogP contribution in [0, 0.1) is 0 Å². The maximum absolute atomic E-state index is 12.7. The summed E-state index contributed by atoms with van der Waals surface area (Å²) in [5.74, 6) is 0.645. The van der Waals surface area contributed by atoms with Gasteiger partial charge < -0.3 is 15.6 Å². The van der Waals surface area contributed by atoms with Crippen molar-refractivity contribution in [3.05, 3.63) is 33.7 Å². The normalized spacial score (nSPS) is 18.0. The number of fused-ring (bicyclic) bond motifs is 1. The van der Waals surface area contributed by atoms with Gasteiger partial charge in [-0.15, -0.1) is 11.3 Å². The van der Waals surface area contributed by atoms with Gasteiger partial charge in [0.2, 0.25) is 0 Å². The lowest BCUT2D eigenvalue weighted by Gasteiger charge is -2.23. The molecule has 124 valence electrons. The fourth-order valence-corrected chi connectivity index (χ4v) is 4.23. The highest BCUT2D eigenvalue weighted by atomic mass is 79.9. The third-order valence-electron chi connectivity index (χ3n) is 4.08. The Balaban J connectivity index is 1.65. The SMILES string of the molecule is O=C(NC1CCCNC1)c1ccnc2nc(-c3ccc(Br)s3)[nH]c12. The molecule has 3 N–H and O–H groups in total. The number of rotatable bonds is 3. The van der Waals surface area contributed by atoms with E-state index in [0.717, 1.165) is 40.4 Å². The monoisotopic (exact) mass is 405 g/mol. The van der Waals surface area contributed by atoms with Gasteiger partial charge in [0.15, 0.2) is 11.5 Å². The van der Waals surface area contributed by atoms with Crippen LogP contribution in [0.4, 0.5) is 0 Å². The molecule has 1 unspecified atom stereocenters. The number of carbonyl (C=O) groups excluding carboxylic acids is 1. The molecule has 4 heterocycles. The Morgan fingerprint density at radius 2 is 2.29 bits per heavy atom. The van der Waals surface area contributed by atoms with Gasteiger partial charge in [0.05, 0.1) is 19.7 Å². The lowest BCUT2D eigenvalue weighted by atomic mass is 10.1. The molecule has 0 aliphatic carbocycles. The van der Waals surface area contributed by atoms with E-state index in [2.05, 4.69) is 41.5 Å². The second-order valence-corrected chi connectivity index (χ2v) is 8.23. The minimum Gasteiger partial charge on any atom is -0.348 e. The van der Waals surface area contributed by atoms with Crippen molar-refractivity contribution < 1.29 is 4.79 Å².